The molecule has 0 aliphatic rings. The predicted octanol–water partition coefficient (Wildman–Crippen LogP) is 4.36. The summed E-state index contributed by atoms with van der Waals surface area (Å²) in [6.07, 6.45) is 1.60. The number of nitrogens with one attached hydrogen (secondary N) is 1. The number of methoxy groups -OCH3 is 1. The molecule has 2 aromatic rings. The van der Waals surface area contributed by atoms with E-state index in [9.17, 15) is 0 Å². The Morgan fingerprint density at radius 2 is 1.84 bits per heavy atom. The van der Waals surface area contributed by atoms with E-state index in [2.05, 4.69) is 49.0 Å². The molecular weight excluding hydrogens is 316 g/mol. The van der Waals surface area contributed by atoms with Crippen LogP contribution in [0.25, 0.3) is 0 Å². The van der Waals surface area contributed by atoms with Crippen LogP contribution in [0.3, 0.4) is 0 Å². The summed E-state index contributed by atoms with van der Waals surface area (Å²) in [6.45, 7) is 11.3. The molecule has 3 N–H and O–H groups in total. The number of nitrogens with two attached hydrogens (primary N) is 1. The topological polar surface area (TPSA) is 82.3 Å². The Kier molecular flexibility index (Phi) is 6.07. The summed E-state index contributed by atoms with van der Waals surface area (Å²) in [5.41, 5.74) is 8.20. The molecule has 0 fully saturated rings. The van der Waals surface area contributed by atoms with Gasteiger partial charge in [-0.15, -0.1) is 0 Å². The first-order chi connectivity index (χ1) is 11.8. The molecule has 0 aliphatic carbocycles. The molecule has 25 heavy (non-hydrogen) atoms. The van der Waals surface area contributed by atoms with Crippen LogP contribution in [0.4, 0.5) is 11.8 Å². The third-order valence-electron chi connectivity index (χ3n) is 3.82. The Balaban J connectivity index is 2.29. The highest BCUT2D eigenvalue weighted by molar-refractivity contribution is 5.53. The van der Waals surface area contributed by atoms with E-state index in [1.54, 1.807) is 13.3 Å². The highest BCUT2D eigenvalue weighted by atomic mass is 16.5. The van der Waals surface area contributed by atoms with E-state index in [4.69, 9.17) is 15.2 Å². The van der Waals surface area contributed by atoms with Crippen molar-refractivity contribution in [1.29, 1.82) is 0 Å². The molecule has 1 aromatic carbocycles. The summed E-state index contributed by atoms with van der Waals surface area (Å²) >= 11 is 0. The lowest BCUT2D eigenvalue weighted by atomic mass is 9.99. The number of ether oxygens (including phenoxy) is 2. The van der Waals surface area contributed by atoms with Crippen LogP contribution >= 0.6 is 0 Å². The van der Waals surface area contributed by atoms with Crippen molar-refractivity contribution in [2.24, 2.45) is 5.92 Å². The normalized spacial score (nSPS) is 11.0. The first kappa shape index (κ1) is 18.8. The SMILES string of the molecule is COc1cc(Oc2cnc(NCC(C)C)nc2N)c(C(C)C)cc1C. The summed E-state index contributed by atoms with van der Waals surface area (Å²) in [6, 6.07) is 3.96. The van der Waals surface area contributed by atoms with Gasteiger partial charge in [0.25, 0.3) is 0 Å². The van der Waals surface area contributed by atoms with Gasteiger partial charge in [-0.2, -0.15) is 4.98 Å². The molecule has 2 rings (SSSR count). The molecule has 0 saturated heterocycles. The number of benzene rings is 1. The second kappa shape index (κ2) is 8.05. The van der Waals surface area contributed by atoms with Gasteiger partial charge in [0.05, 0.1) is 13.3 Å². The summed E-state index contributed by atoms with van der Waals surface area (Å²) in [5, 5.41) is 3.15. The molecule has 1 heterocycles. The van der Waals surface area contributed by atoms with Crippen LogP contribution in [0.1, 0.15) is 44.7 Å². The van der Waals surface area contributed by atoms with E-state index < -0.39 is 0 Å². The zero-order valence-electron chi connectivity index (χ0n) is 15.9. The number of hydrogen-bond donors (Lipinski definition) is 2. The fraction of sp³-hybridized carbons (Fsp3) is 0.474. The van der Waals surface area contributed by atoms with Gasteiger partial charge in [0.15, 0.2) is 11.6 Å². The fourth-order valence-electron chi connectivity index (χ4n) is 2.41. The maximum atomic E-state index is 6.05. The average Bonchev–Trinajstić information content (AvgIpc) is 2.55. The molecule has 0 unspecified atom stereocenters. The Morgan fingerprint density at radius 1 is 1.12 bits per heavy atom. The third kappa shape index (κ3) is 4.75. The number of aromatic nitrogens is 2. The predicted molar refractivity (Wildman–Crippen MR) is 102 cm³/mol. The van der Waals surface area contributed by atoms with E-state index in [0.29, 0.717) is 35.1 Å². The minimum Gasteiger partial charge on any atom is -0.496 e. The number of aryl methyl sites for hydroxylation is 1. The van der Waals surface area contributed by atoms with E-state index in [0.717, 1.165) is 23.4 Å². The van der Waals surface area contributed by atoms with E-state index >= 15 is 0 Å². The Labute approximate surface area is 149 Å². The van der Waals surface area contributed by atoms with Crippen LogP contribution in [0.15, 0.2) is 18.3 Å². The largest absolute Gasteiger partial charge is 0.496 e. The van der Waals surface area contributed by atoms with E-state index in [-0.39, 0.29) is 0 Å². The van der Waals surface area contributed by atoms with E-state index in [1.165, 1.54) is 0 Å². The zero-order chi connectivity index (χ0) is 18.6. The molecule has 0 atom stereocenters. The highest BCUT2D eigenvalue weighted by Crippen LogP contribution is 2.37. The van der Waals surface area contributed by atoms with E-state index in [1.807, 2.05) is 13.0 Å². The molecule has 0 aliphatic heterocycles. The van der Waals surface area contributed by atoms with Crippen molar-refractivity contribution < 1.29 is 9.47 Å². The zero-order valence-corrected chi connectivity index (χ0v) is 15.9. The van der Waals surface area contributed by atoms with Crippen molar-refractivity contribution in [1.82, 2.24) is 9.97 Å². The standard InChI is InChI=1S/C19H28N4O2/c1-11(2)9-21-19-22-10-17(18(20)23-19)25-16-8-15(24-6)13(5)7-14(16)12(3)4/h7-8,10-12H,9H2,1-6H3,(H3,20,21,22,23). The Hall–Kier alpha value is -2.50. The molecular formula is C19H28N4O2. The molecule has 6 nitrogen and oxygen atoms in total. The molecule has 0 saturated carbocycles. The van der Waals surface area contributed by atoms with Gasteiger partial charge in [-0.05, 0) is 36.0 Å². The quantitative estimate of drug-likeness (QED) is 0.776. The minimum absolute atomic E-state index is 0.300. The number of hydrogen-bond acceptors (Lipinski definition) is 6. The van der Waals surface area contributed by atoms with Gasteiger partial charge in [-0.1, -0.05) is 27.7 Å². The molecule has 0 radical (unpaired) electrons. The number of rotatable bonds is 7. The minimum atomic E-state index is 0.300. The van der Waals surface area contributed by atoms with Crippen LogP contribution in [0.5, 0.6) is 17.2 Å². The van der Waals surface area contributed by atoms with Gasteiger partial charge < -0.3 is 20.5 Å². The van der Waals surface area contributed by atoms with Gasteiger partial charge in [0.1, 0.15) is 11.5 Å². The second-order valence-electron chi connectivity index (χ2n) is 6.83. The Bertz CT molecular complexity index is 730. The van der Waals surface area contributed by atoms with Crippen LogP contribution in [-0.4, -0.2) is 23.6 Å². The van der Waals surface area contributed by atoms with Gasteiger partial charge in [0, 0.05) is 12.6 Å². The summed E-state index contributed by atoms with van der Waals surface area (Å²) < 4.78 is 11.4. The van der Waals surface area contributed by atoms with Crippen LogP contribution in [0.2, 0.25) is 0 Å². The number of nitrogens with zero attached hydrogens (tertiary/aromatic N) is 2. The van der Waals surface area contributed by atoms with Gasteiger partial charge in [0.2, 0.25) is 5.95 Å². The van der Waals surface area contributed by atoms with Crippen LogP contribution in [-0.2, 0) is 0 Å². The van der Waals surface area contributed by atoms with Crippen LogP contribution in [0, 0.1) is 12.8 Å². The molecule has 0 bridgehead atoms. The lowest BCUT2D eigenvalue weighted by Gasteiger charge is -2.17. The second-order valence-corrected chi connectivity index (χ2v) is 6.83. The smallest absolute Gasteiger partial charge is 0.224 e. The molecule has 6 heteroatoms. The fourth-order valence-corrected chi connectivity index (χ4v) is 2.41. The van der Waals surface area contributed by atoms with Gasteiger partial charge >= 0.3 is 0 Å². The lowest BCUT2D eigenvalue weighted by molar-refractivity contribution is 0.404. The summed E-state index contributed by atoms with van der Waals surface area (Å²) in [5.74, 6) is 3.51. The monoisotopic (exact) mass is 344 g/mol. The third-order valence-corrected chi connectivity index (χ3v) is 3.82. The van der Waals surface area contributed by atoms with Crippen LogP contribution < -0.4 is 20.5 Å². The molecule has 0 amide bonds. The van der Waals surface area contributed by atoms with Gasteiger partial charge in [-0.25, -0.2) is 4.98 Å². The first-order valence-electron chi connectivity index (χ1n) is 8.54. The molecule has 136 valence electrons. The van der Waals surface area contributed by atoms with Crippen molar-refractivity contribution in [3.63, 3.8) is 0 Å². The van der Waals surface area contributed by atoms with Crippen molar-refractivity contribution in [2.75, 3.05) is 24.7 Å². The average molecular weight is 344 g/mol. The van der Waals surface area contributed by atoms with Crippen molar-refractivity contribution in [3.8, 4) is 17.2 Å². The van der Waals surface area contributed by atoms with Crippen molar-refractivity contribution in [2.45, 2.75) is 40.5 Å². The molecule has 0 spiro atoms. The number of anilines is 2. The maximum Gasteiger partial charge on any atom is 0.224 e. The summed E-state index contributed by atoms with van der Waals surface area (Å²) in [7, 11) is 1.65. The lowest BCUT2D eigenvalue weighted by Crippen LogP contribution is -2.11. The maximum absolute atomic E-state index is 6.05. The highest BCUT2D eigenvalue weighted by Gasteiger charge is 2.15. The van der Waals surface area contributed by atoms with Crippen molar-refractivity contribution in [3.05, 3.63) is 29.5 Å². The first-order valence-corrected chi connectivity index (χ1v) is 8.54. The Morgan fingerprint density at radius 3 is 2.40 bits per heavy atom. The number of nitrogen functional groups attached to an aromatic ring is 1. The van der Waals surface area contributed by atoms with Gasteiger partial charge in [-0.3, -0.25) is 0 Å². The molecule has 1 aromatic heterocycles. The summed E-state index contributed by atoms with van der Waals surface area (Å²) in [4.78, 5) is 8.56. The van der Waals surface area contributed by atoms with Crippen molar-refractivity contribution >= 4 is 11.8 Å².